The molecule has 26 heavy (non-hydrogen) atoms. The highest BCUT2D eigenvalue weighted by atomic mass is 15.0. The first kappa shape index (κ1) is 16.2. The SMILES string of the molecule is CNc1nc(-c2cccnc2)nc2c(C)c(-c3ccc(C)cc3)ccc12. The highest BCUT2D eigenvalue weighted by Gasteiger charge is 2.13. The Balaban J connectivity index is 1.96. The van der Waals surface area contributed by atoms with Crippen molar-refractivity contribution in [3.63, 3.8) is 0 Å². The predicted octanol–water partition coefficient (Wildman–Crippen LogP) is 5.02. The third kappa shape index (κ3) is 2.80. The first-order valence-electron chi connectivity index (χ1n) is 8.64. The van der Waals surface area contributed by atoms with Crippen molar-refractivity contribution in [1.29, 1.82) is 0 Å². The first-order chi connectivity index (χ1) is 12.7. The van der Waals surface area contributed by atoms with Gasteiger partial charge in [0.15, 0.2) is 5.82 Å². The number of hydrogen-bond donors (Lipinski definition) is 1. The zero-order valence-electron chi connectivity index (χ0n) is 15.1. The molecule has 0 unspecified atom stereocenters. The van der Waals surface area contributed by atoms with Crippen molar-refractivity contribution < 1.29 is 0 Å². The Hall–Kier alpha value is -3.27. The number of anilines is 1. The lowest BCUT2D eigenvalue weighted by atomic mass is 9.97. The fourth-order valence-corrected chi connectivity index (χ4v) is 3.19. The molecule has 4 heteroatoms. The van der Waals surface area contributed by atoms with Gasteiger partial charge < -0.3 is 5.32 Å². The van der Waals surface area contributed by atoms with Crippen molar-refractivity contribution in [2.45, 2.75) is 13.8 Å². The van der Waals surface area contributed by atoms with Crippen molar-refractivity contribution >= 4 is 16.7 Å². The zero-order valence-corrected chi connectivity index (χ0v) is 15.1. The van der Waals surface area contributed by atoms with E-state index in [1.165, 1.54) is 16.7 Å². The van der Waals surface area contributed by atoms with E-state index in [-0.39, 0.29) is 0 Å². The number of nitrogens with zero attached hydrogens (tertiary/aromatic N) is 3. The van der Waals surface area contributed by atoms with Crippen molar-refractivity contribution in [3.8, 4) is 22.5 Å². The molecule has 1 N–H and O–H groups in total. The molecule has 0 bridgehead atoms. The first-order valence-corrected chi connectivity index (χ1v) is 8.64. The number of fused-ring (bicyclic) bond motifs is 1. The smallest absolute Gasteiger partial charge is 0.163 e. The van der Waals surface area contributed by atoms with E-state index in [1.807, 2.05) is 19.2 Å². The van der Waals surface area contributed by atoms with Crippen LogP contribution in [-0.2, 0) is 0 Å². The van der Waals surface area contributed by atoms with Gasteiger partial charge in [-0.05, 0) is 48.7 Å². The van der Waals surface area contributed by atoms with E-state index in [0.29, 0.717) is 5.82 Å². The maximum Gasteiger partial charge on any atom is 0.163 e. The average molecular weight is 340 g/mol. The number of rotatable bonds is 3. The molecule has 0 saturated heterocycles. The van der Waals surface area contributed by atoms with Gasteiger partial charge >= 0.3 is 0 Å². The molecule has 0 radical (unpaired) electrons. The molecule has 0 aliphatic heterocycles. The van der Waals surface area contributed by atoms with Gasteiger partial charge in [0.05, 0.1) is 5.52 Å². The van der Waals surface area contributed by atoms with Crippen LogP contribution >= 0.6 is 0 Å². The molecule has 128 valence electrons. The van der Waals surface area contributed by atoms with Crippen LogP contribution in [0.1, 0.15) is 11.1 Å². The molecular formula is C22H20N4. The summed E-state index contributed by atoms with van der Waals surface area (Å²) in [5, 5.41) is 4.22. The van der Waals surface area contributed by atoms with E-state index in [9.17, 15) is 0 Å². The summed E-state index contributed by atoms with van der Waals surface area (Å²) >= 11 is 0. The van der Waals surface area contributed by atoms with Crippen molar-refractivity contribution in [2.75, 3.05) is 12.4 Å². The molecule has 0 aliphatic rings. The van der Waals surface area contributed by atoms with Gasteiger partial charge in [0.2, 0.25) is 0 Å². The molecule has 4 rings (SSSR count). The van der Waals surface area contributed by atoms with Crippen LogP contribution < -0.4 is 5.32 Å². The summed E-state index contributed by atoms with van der Waals surface area (Å²) in [4.78, 5) is 13.7. The summed E-state index contributed by atoms with van der Waals surface area (Å²) in [5.41, 5.74) is 6.66. The summed E-state index contributed by atoms with van der Waals surface area (Å²) in [6, 6.07) is 16.7. The van der Waals surface area contributed by atoms with Gasteiger partial charge in [0, 0.05) is 30.4 Å². The van der Waals surface area contributed by atoms with Gasteiger partial charge in [-0.15, -0.1) is 0 Å². The minimum absolute atomic E-state index is 0.680. The van der Waals surface area contributed by atoms with E-state index in [4.69, 9.17) is 4.98 Å². The number of nitrogens with one attached hydrogen (secondary N) is 1. The van der Waals surface area contributed by atoms with Gasteiger partial charge in [0.1, 0.15) is 5.82 Å². The van der Waals surface area contributed by atoms with Crippen LogP contribution in [0, 0.1) is 13.8 Å². The Morgan fingerprint density at radius 1 is 0.846 bits per heavy atom. The lowest BCUT2D eigenvalue weighted by Crippen LogP contribution is -2.00. The maximum absolute atomic E-state index is 4.87. The fourth-order valence-electron chi connectivity index (χ4n) is 3.19. The quantitative estimate of drug-likeness (QED) is 0.569. The molecular weight excluding hydrogens is 320 g/mol. The van der Waals surface area contributed by atoms with Gasteiger partial charge in [0.25, 0.3) is 0 Å². The third-order valence-electron chi connectivity index (χ3n) is 4.64. The molecule has 0 amide bonds. The van der Waals surface area contributed by atoms with E-state index in [2.05, 4.69) is 65.5 Å². The second-order valence-corrected chi connectivity index (χ2v) is 6.39. The van der Waals surface area contributed by atoms with Crippen LogP contribution in [0.2, 0.25) is 0 Å². The summed E-state index contributed by atoms with van der Waals surface area (Å²) in [7, 11) is 1.89. The number of benzene rings is 2. The molecule has 0 fully saturated rings. The molecule has 2 aromatic carbocycles. The molecule has 0 spiro atoms. The van der Waals surface area contributed by atoms with Crippen LogP contribution in [0.25, 0.3) is 33.4 Å². The van der Waals surface area contributed by atoms with Crippen LogP contribution in [0.5, 0.6) is 0 Å². The summed E-state index contributed by atoms with van der Waals surface area (Å²) in [6.07, 6.45) is 3.55. The topological polar surface area (TPSA) is 50.7 Å². The third-order valence-corrected chi connectivity index (χ3v) is 4.64. The monoisotopic (exact) mass is 340 g/mol. The summed E-state index contributed by atoms with van der Waals surface area (Å²) < 4.78 is 0. The Bertz CT molecular complexity index is 1070. The van der Waals surface area contributed by atoms with Crippen molar-refractivity contribution in [2.24, 2.45) is 0 Å². The zero-order chi connectivity index (χ0) is 18.1. The van der Waals surface area contributed by atoms with Gasteiger partial charge in [-0.25, -0.2) is 9.97 Å². The second-order valence-electron chi connectivity index (χ2n) is 6.39. The molecule has 0 aliphatic carbocycles. The summed E-state index contributed by atoms with van der Waals surface area (Å²) in [5.74, 6) is 1.51. The lowest BCUT2D eigenvalue weighted by molar-refractivity contribution is 1.19. The van der Waals surface area contributed by atoms with E-state index < -0.39 is 0 Å². The normalized spacial score (nSPS) is 10.9. The molecule has 2 heterocycles. The van der Waals surface area contributed by atoms with Crippen LogP contribution in [0.15, 0.2) is 60.9 Å². The molecule has 4 aromatic rings. The molecule has 4 nitrogen and oxygen atoms in total. The number of aryl methyl sites for hydroxylation is 2. The summed E-state index contributed by atoms with van der Waals surface area (Å²) in [6.45, 7) is 4.22. The highest BCUT2D eigenvalue weighted by molar-refractivity contribution is 5.96. The van der Waals surface area contributed by atoms with Crippen LogP contribution in [0.3, 0.4) is 0 Å². The van der Waals surface area contributed by atoms with Gasteiger partial charge in [-0.3, -0.25) is 4.98 Å². The Labute approximate surface area is 153 Å². The Morgan fingerprint density at radius 2 is 1.65 bits per heavy atom. The van der Waals surface area contributed by atoms with Gasteiger partial charge in [-0.1, -0.05) is 35.9 Å². The Kier molecular flexibility index (Phi) is 4.09. The molecule has 2 aromatic heterocycles. The van der Waals surface area contributed by atoms with E-state index in [0.717, 1.165) is 27.8 Å². The maximum atomic E-state index is 4.87. The van der Waals surface area contributed by atoms with Crippen LogP contribution in [-0.4, -0.2) is 22.0 Å². The van der Waals surface area contributed by atoms with Crippen molar-refractivity contribution in [1.82, 2.24) is 15.0 Å². The van der Waals surface area contributed by atoms with E-state index in [1.54, 1.807) is 12.4 Å². The Morgan fingerprint density at radius 3 is 2.35 bits per heavy atom. The largest absolute Gasteiger partial charge is 0.373 e. The van der Waals surface area contributed by atoms with Gasteiger partial charge in [-0.2, -0.15) is 0 Å². The minimum atomic E-state index is 0.680. The highest BCUT2D eigenvalue weighted by Crippen LogP contribution is 2.32. The second kappa shape index (κ2) is 6.56. The number of aromatic nitrogens is 3. The lowest BCUT2D eigenvalue weighted by Gasteiger charge is -2.13. The standard InChI is InChI=1S/C22H20N4/c1-14-6-8-16(9-7-14)18-10-11-19-20(15(18)2)25-21(26-22(19)23-3)17-5-4-12-24-13-17/h4-13H,1-3H3,(H,23,25,26). The average Bonchev–Trinajstić information content (AvgIpc) is 2.69. The molecule has 0 atom stereocenters. The number of hydrogen-bond acceptors (Lipinski definition) is 4. The van der Waals surface area contributed by atoms with E-state index >= 15 is 0 Å². The minimum Gasteiger partial charge on any atom is -0.373 e. The predicted molar refractivity (Wildman–Crippen MR) is 107 cm³/mol. The van der Waals surface area contributed by atoms with Crippen LogP contribution in [0.4, 0.5) is 5.82 Å². The number of pyridine rings is 1. The van der Waals surface area contributed by atoms with Crippen molar-refractivity contribution in [3.05, 3.63) is 72.1 Å². The molecule has 0 saturated carbocycles. The fraction of sp³-hybridized carbons (Fsp3) is 0.136.